The monoisotopic (exact) mass is 826 g/mol. The molecular weight excluding hydrogens is 781 g/mol. The zero-order valence-corrected chi connectivity index (χ0v) is 35.9. The topological polar surface area (TPSA) is 61.4 Å². The lowest BCUT2D eigenvalue weighted by Gasteiger charge is -2.12. The lowest BCUT2D eigenvalue weighted by Crippen LogP contribution is -2.09. The molecule has 3 aromatic heterocycles. The number of allylic oxidation sites excluding steroid dienone is 5. The molecule has 0 saturated heterocycles. The molecule has 0 saturated carbocycles. The second kappa shape index (κ2) is 16.3. The summed E-state index contributed by atoms with van der Waals surface area (Å²) < 4.78 is 11.5. The molecule has 0 fully saturated rings. The predicted octanol–water partition coefficient (Wildman–Crippen LogP) is 15.3. The molecular formula is C59H46N4O. The number of furan rings is 1. The first kappa shape index (κ1) is 38.7. The van der Waals surface area contributed by atoms with Crippen LogP contribution in [0.25, 0.3) is 93.7 Å². The Morgan fingerprint density at radius 3 is 1.86 bits per heavy atom. The fourth-order valence-corrected chi connectivity index (χ4v) is 9.29. The fourth-order valence-electron chi connectivity index (χ4n) is 9.29. The maximum Gasteiger partial charge on any atom is 0.145 e. The largest absolute Gasteiger partial charge is 0.455 e. The number of aromatic nitrogens is 2. The standard InChI is InChI=1S/C56H38N4O.C3H8/c57-55(37-13-3-1-4-14-37)45-19-7-10-20-48(45)58-35-36-23-27-41(28-24-36)60-51-31-26-39(34-47(51)54-52(60)32-29-44-43-18-9-12-22-53(43)61-56(44)54)38-25-30-50-46(33-38)42-17-8-11-21-49(42)59(50)40-15-5-2-6-16-40;1-3-2/h1-34H,35,57H2;3H2,1-2H3/b55-45-,58-48?;. The van der Waals surface area contributed by atoms with Crippen LogP contribution in [0.1, 0.15) is 31.4 Å². The van der Waals surface area contributed by atoms with Gasteiger partial charge >= 0.3 is 0 Å². The van der Waals surface area contributed by atoms with Crippen LogP contribution in [-0.4, -0.2) is 14.8 Å². The van der Waals surface area contributed by atoms with E-state index >= 15 is 0 Å². The van der Waals surface area contributed by atoms with Gasteiger partial charge in [-0.2, -0.15) is 0 Å². The van der Waals surface area contributed by atoms with Crippen molar-refractivity contribution in [2.24, 2.45) is 10.7 Å². The molecule has 5 nitrogen and oxygen atoms in total. The van der Waals surface area contributed by atoms with Crippen molar-refractivity contribution in [1.29, 1.82) is 0 Å². The van der Waals surface area contributed by atoms with Gasteiger partial charge < -0.3 is 19.3 Å². The molecule has 3 heterocycles. The van der Waals surface area contributed by atoms with Crippen LogP contribution in [0.2, 0.25) is 0 Å². The molecule has 308 valence electrons. The Bertz CT molecular complexity index is 3670. The Kier molecular flexibility index (Phi) is 9.86. The number of rotatable bonds is 6. The Balaban J connectivity index is 0.00000148. The van der Waals surface area contributed by atoms with E-state index in [0.29, 0.717) is 6.54 Å². The van der Waals surface area contributed by atoms with Crippen LogP contribution < -0.4 is 5.73 Å². The molecule has 1 aliphatic carbocycles. The summed E-state index contributed by atoms with van der Waals surface area (Å²) in [4.78, 5) is 5.04. The van der Waals surface area contributed by atoms with Gasteiger partial charge in [0.1, 0.15) is 11.2 Å². The predicted molar refractivity (Wildman–Crippen MR) is 271 cm³/mol. The van der Waals surface area contributed by atoms with Crippen molar-refractivity contribution < 1.29 is 4.42 Å². The average Bonchev–Trinajstić information content (AvgIpc) is 4.01. The zero-order chi connectivity index (χ0) is 43.1. The number of para-hydroxylation sites is 3. The number of nitrogens with zero attached hydrogens (tertiary/aromatic N) is 3. The summed E-state index contributed by atoms with van der Waals surface area (Å²) >= 11 is 0. The third-order valence-corrected chi connectivity index (χ3v) is 12.2. The normalized spacial score (nSPS) is 14.1. The second-order valence-corrected chi connectivity index (χ2v) is 16.4. The Morgan fingerprint density at radius 1 is 0.516 bits per heavy atom. The molecule has 0 aliphatic heterocycles. The number of nitrogens with two attached hydrogens (primary N) is 1. The van der Waals surface area contributed by atoms with Gasteiger partial charge in [0.25, 0.3) is 0 Å². The fraction of sp³-hybridized carbons (Fsp3) is 0.0678. The van der Waals surface area contributed by atoms with Crippen LogP contribution in [0.5, 0.6) is 0 Å². The first-order valence-corrected chi connectivity index (χ1v) is 22.1. The van der Waals surface area contributed by atoms with Crippen molar-refractivity contribution in [3.8, 4) is 22.5 Å². The van der Waals surface area contributed by atoms with Gasteiger partial charge in [0.2, 0.25) is 0 Å². The first-order valence-electron chi connectivity index (χ1n) is 22.1. The number of fused-ring (bicyclic) bond motifs is 10. The van der Waals surface area contributed by atoms with E-state index in [1.807, 2.05) is 60.7 Å². The summed E-state index contributed by atoms with van der Waals surface area (Å²) in [6.07, 6.45) is 9.35. The smallest absolute Gasteiger partial charge is 0.145 e. The average molecular weight is 827 g/mol. The first-order chi connectivity index (χ1) is 31.6. The van der Waals surface area contributed by atoms with E-state index in [1.165, 1.54) is 33.8 Å². The third-order valence-electron chi connectivity index (χ3n) is 12.2. The number of hydrogen-bond acceptors (Lipinski definition) is 3. The molecule has 8 aromatic carbocycles. The van der Waals surface area contributed by atoms with Crippen molar-refractivity contribution in [2.75, 3.05) is 0 Å². The lowest BCUT2D eigenvalue weighted by molar-refractivity contribution is 0.673. The SMILES string of the molecule is CCC.N/C(=C1/C=CC=CC1=NCc1ccc(-n2c3ccc(-c4ccc5c(c4)c4ccccc4n5-c4ccccc4)cc3c3c4oc5ccccc5c4ccc32)cc1)c1ccccc1. The maximum atomic E-state index is 6.73. The van der Waals surface area contributed by atoms with Crippen LogP contribution >= 0.6 is 0 Å². The summed E-state index contributed by atoms with van der Waals surface area (Å²) in [7, 11) is 0. The van der Waals surface area contributed by atoms with Crippen LogP contribution in [0.15, 0.2) is 221 Å². The van der Waals surface area contributed by atoms with Crippen molar-refractivity contribution in [2.45, 2.75) is 26.8 Å². The third kappa shape index (κ3) is 6.61. The number of hydrogen-bond donors (Lipinski definition) is 1. The quantitative estimate of drug-likeness (QED) is 0.181. The van der Waals surface area contributed by atoms with E-state index in [-0.39, 0.29) is 0 Å². The Morgan fingerprint density at radius 2 is 1.09 bits per heavy atom. The second-order valence-electron chi connectivity index (χ2n) is 16.4. The minimum Gasteiger partial charge on any atom is -0.455 e. The highest BCUT2D eigenvalue weighted by Crippen LogP contribution is 2.43. The van der Waals surface area contributed by atoms with Crippen molar-refractivity contribution in [3.05, 3.63) is 223 Å². The van der Waals surface area contributed by atoms with E-state index in [4.69, 9.17) is 15.1 Å². The van der Waals surface area contributed by atoms with Crippen molar-refractivity contribution in [3.63, 3.8) is 0 Å². The van der Waals surface area contributed by atoms with Crippen LogP contribution in [-0.2, 0) is 6.54 Å². The number of aliphatic imine (C=N–C) groups is 1. The zero-order valence-electron chi connectivity index (χ0n) is 35.9. The van der Waals surface area contributed by atoms with Gasteiger partial charge in [0.15, 0.2) is 0 Å². The summed E-state index contributed by atoms with van der Waals surface area (Å²) in [5.41, 5.74) is 22.2. The Hall–Kier alpha value is -8.15. The van der Waals surface area contributed by atoms with E-state index < -0.39 is 0 Å². The molecule has 11 aromatic rings. The molecule has 5 heteroatoms. The van der Waals surface area contributed by atoms with Crippen LogP contribution in [0.4, 0.5) is 0 Å². The maximum absolute atomic E-state index is 6.73. The molecule has 2 N–H and O–H groups in total. The molecule has 0 radical (unpaired) electrons. The number of benzene rings is 8. The van der Waals surface area contributed by atoms with E-state index in [1.54, 1.807) is 0 Å². The summed E-state index contributed by atoms with van der Waals surface area (Å²) in [5, 5.41) is 6.95. The molecule has 0 unspecified atom stereocenters. The lowest BCUT2D eigenvalue weighted by atomic mass is 9.99. The Labute approximate surface area is 372 Å². The summed E-state index contributed by atoms with van der Waals surface area (Å²) in [6.45, 7) is 4.78. The minimum atomic E-state index is 0.532. The highest BCUT2D eigenvalue weighted by Gasteiger charge is 2.20. The molecule has 0 amide bonds. The van der Waals surface area contributed by atoms with Crippen molar-refractivity contribution >= 4 is 77.0 Å². The summed E-state index contributed by atoms with van der Waals surface area (Å²) in [6, 6.07) is 64.7. The van der Waals surface area contributed by atoms with Crippen LogP contribution in [0, 0.1) is 0 Å². The van der Waals surface area contributed by atoms with E-state index in [9.17, 15) is 0 Å². The highest BCUT2D eigenvalue weighted by atomic mass is 16.3. The van der Waals surface area contributed by atoms with Gasteiger partial charge in [-0.1, -0.05) is 148 Å². The molecule has 1 aliphatic rings. The highest BCUT2D eigenvalue weighted by molar-refractivity contribution is 6.24. The van der Waals surface area contributed by atoms with E-state index in [0.717, 1.165) is 88.8 Å². The molecule has 0 bridgehead atoms. The molecule has 0 atom stereocenters. The van der Waals surface area contributed by atoms with Crippen molar-refractivity contribution in [1.82, 2.24) is 9.13 Å². The van der Waals surface area contributed by atoms with Gasteiger partial charge in [-0.25, -0.2) is 0 Å². The van der Waals surface area contributed by atoms with Crippen LogP contribution in [0.3, 0.4) is 0 Å². The minimum absolute atomic E-state index is 0.532. The van der Waals surface area contributed by atoms with E-state index in [2.05, 4.69) is 169 Å². The van der Waals surface area contributed by atoms with Gasteiger partial charge in [-0.15, -0.1) is 0 Å². The van der Waals surface area contributed by atoms with Gasteiger partial charge in [0.05, 0.1) is 39.7 Å². The van der Waals surface area contributed by atoms with Gasteiger partial charge in [0, 0.05) is 49.6 Å². The van der Waals surface area contributed by atoms with Gasteiger partial charge in [-0.3, -0.25) is 4.99 Å². The molecule has 0 spiro atoms. The molecule has 64 heavy (non-hydrogen) atoms. The molecule has 12 rings (SSSR count). The summed E-state index contributed by atoms with van der Waals surface area (Å²) in [5.74, 6) is 0. The van der Waals surface area contributed by atoms with Gasteiger partial charge in [-0.05, 0) is 101 Å².